The molecule has 0 radical (unpaired) electrons. The zero-order valence-corrected chi connectivity index (χ0v) is 24.4. The van der Waals surface area contributed by atoms with Gasteiger partial charge < -0.3 is 5.11 Å². The highest BCUT2D eigenvalue weighted by molar-refractivity contribution is 9.93. The second-order valence-electron chi connectivity index (χ2n) is 5.71. The van der Waals surface area contributed by atoms with Crippen LogP contribution in [-0.4, -0.2) is 27.2 Å². The average Bonchev–Trinajstić information content (AvgIpc) is 3.41. The maximum absolute atomic E-state index is 8.21. The molecule has 0 heterocycles. The molecule has 25 heavy (non-hydrogen) atoms. The highest BCUT2D eigenvalue weighted by Gasteiger charge is 2.19. The van der Waals surface area contributed by atoms with Gasteiger partial charge in [0.2, 0.25) is 0 Å². The van der Waals surface area contributed by atoms with Crippen LogP contribution in [0, 0.1) is 11.8 Å². The monoisotopic (exact) mass is 758 g/mol. The summed E-state index contributed by atoms with van der Waals surface area (Å²) in [5.74, 6) is 1.74. The van der Waals surface area contributed by atoms with Gasteiger partial charge in [0.1, 0.15) is 4.03 Å². The standard InChI is InChI=1S/3C4H7Br.C4H8O.CH4.Br3P/c5-3-4-1-2-4;5-4-2-1-3-4;1-2-3-4-5;5-3-4-1-2-4;;1-4(2)3/h2*4H,1-3H2;2H,1,3-4H2;4-5H,1-3H2;1H4;. The molecule has 0 aromatic rings. The van der Waals surface area contributed by atoms with Crippen molar-refractivity contribution in [2.24, 2.45) is 11.8 Å². The van der Waals surface area contributed by atoms with Crippen LogP contribution < -0.4 is 0 Å². The minimum Gasteiger partial charge on any atom is -0.396 e. The lowest BCUT2D eigenvalue weighted by atomic mass is 10.0. The number of halogens is 6. The van der Waals surface area contributed by atoms with Crippen LogP contribution in [0.4, 0.5) is 0 Å². The summed E-state index contributed by atoms with van der Waals surface area (Å²) in [6.07, 6.45) is 12.6. The van der Waals surface area contributed by atoms with E-state index in [1.165, 1.54) is 50.3 Å². The first-order valence-electron chi connectivity index (χ1n) is 8.16. The molecule has 1 N–H and O–H groups in total. The van der Waals surface area contributed by atoms with Gasteiger partial charge in [-0.3, -0.25) is 0 Å². The van der Waals surface area contributed by atoms with E-state index >= 15 is 0 Å². The molecule has 0 saturated heterocycles. The summed E-state index contributed by atoms with van der Waals surface area (Å²) < 4.78 is -0.183. The lowest BCUT2D eigenvalue weighted by Crippen LogP contribution is -2.07. The first kappa shape index (κ1) is 32.7. The molecule has 3 aliphatic rings. The van der Waals surface area contributed by atoms with E-state index in [0.717, 1.165) is 22.5 Å². The predicted octanol–water partition coefficient (Wildman–Crippen LogP) is 10.1. The maximum Gasteiger partial charge on any atom is 0.103 e. The van der Waals surface area contributed by atoms with Crippen molar-refractivity contribution >= 4 is 98.3 Å². The highest BCUT2D eigenvalue weighted by atomic mass is 80.0. The highest BCUT2D eigenvalue weighted by Crippen LogP contribution is 2.59. The molecule has 0 spiro atoms. The summed E-state index contributed by atoms with van der Waals surface area (Å²) in [7, 11) is 0. The van der Waals surface area contributed by atoms with Gasteiger partial charge in [-0.2, -0.15) is 0 Å². The Morgan fingerprint density at radius 2 is 1.36 bits per heavy atom. The van der Waals surface area contributed by atoms with E-state index in [0.29, 0.717) is 12.5 Å². The molecular formula is C17H33Br6OP. The fraction of sp³-hybridized carbons (Fsp3) is 0.882. The largest absolute Gasteiger partial charge is 0.396 e. The first-order chi connectivity index (χ1) is 11.4. The van der Waals surface area contributed by atoms with Gasteiger partial charge in [0.25, 0.3) is 0 Å². The first-order valence-corrected chi connectivity index (χ1v) is 18.7. The smallest absolute Gasteiger partial charge is 0.103 e. The zero-order valence-electron chi connectivity index (χ0n) is 14.0. The third-order valence-corrected chi connectivity index (χ3v) is 5.51. The van der Waals surface area contributed by atoms with Crippen molar-refractivity contribution < 1.29 is 5.11 Å². The quantitative estimate of drug-likeness (QED) is 0.172. The van der Waals surface area contributed by atoms with E-state index in [4.69, 9.17) is 5.11 Å². The molecule has 3 saturated carbocycles. The predicted molar refractivity (Wildman–Crippen MR) is 142 cm³/mol. The lowest BCUT2D eigenvalue weighted by molar-refractivity contribution is 0.277. The molecule has 0 amide bonds. The van der Waals surface area contributed by atoms with Crippen molar-refractivity contribution in [2.75, 3.05) is 17.3 Å². The number of hydrogen-bond donors (Lipinski definition) is 1. The van der Waals surface area contributed by atoms with Gasteiger partial charge in [0.15, 0.2) is 0 Å². The van der Waals surface area contributed by atoms with Gasteiger partial charge in [0.05, 0.1) is 0 Å². The summed E-state index contributed by atoms with van der Waals surface area (Å²) >= 11 is 19.6. The van der Waals surface area contributed by atoms with Crippen LogP contribution in [0.1, 0.15) is 58.8 Å². The fourth-order valence-electron chi connectivity index (χ4n) is 1.01. The number of hydrogen-bond acceptors (Lipinski definition) is 1. The van der Waals surface area contributed by atoms with Gasteiger partial charge in [0, 0.05) is 22.1 Å². The Hall–Kier alpha value is 3.01. The molecular weight excluding hydrogens is 731 g/mol. The molecule has 0 unspecified atom stereocenters. The van der Waals surface area contributed by atoms with Crippen LogP contribution in [0.15, 0.2) is 12.7 Å². The van der Waals surface area contributed by atoms with E-state index in [2.05, 4.69) is 101 Å². The molecule has 0 atom stereocenters. The summed E-state index contributed by atoms with van der Waals surface area (Å²) in [5, 5.41) is 10.5. The van der Waals surface area contributed by atoms with Gasteiger partial charge in [-0.05, 0) is 103 Å². The van der Waals surface area contributed by atoms with E-state index in [1.54, 1.807) is 0 Å². The van der Waals surface area contributed by atoms with Crippen LogP contribution >= 0.6 is 98.3 Å². The SMILES string of the molecule is BrC1CCC1.BrCC1CC1.BrP(Br)Br.C.C=CCCBr.OCC1CC1. The van der Waals surface area contributed by atoms with E-state index in [9.17, 15) is 0 Å². The van der Waals surface area contributed by atoms with Crippen molar-refractivity contribution in [2.45, 2.75) is 63.6 Å². The van der Waals surface area contributed by atoms with Gasteiger partial charge >= 0.3 is 0 Å². The van der Waals surface area contributed by atoms with Gasteiger partial charge in [-0.25, -0.2) is 0 Å². The van der Waals surface area contributed by atoms with Crippen molar-refractivity contribution in [1.82, 2.24) is 0 Å². The van der Waals surface area contributed by atoms with E-state index < -0.39 is 0 Å². The number of alkyl halides is 3. The number of allylic oxidation sites excluding steroid dienone is 1. The molecule has 3 aliphatic carbocycles. The molecule has 0 bridgehead atoms. The third-order valence-electron chi connectivity index (χ3n) is 3.22. The van der Waals surface area contributed by atoms with Gasteiger partial charge in [-0.1, -0.05) is 67.7 Å². The fourth-order valence-corrected chi connectivity index (χ4v) is 2.63. The lowest BCUT2D eigenvalue weighted by Gasteiger charge is -2.16. The summed E-state index contributed by atoms with van der Waals surface area (Å²) in [6.45, 7) is 3.94. The topological polar surface area (TPSA) is 20.2 Å². The van der Waals surface area contributed by atoms with Gasteiger partial charge in [-0.15, -0.1) is 6.58 Å². The molecule has 0 aromatic carbocycles. The molecule has 0 aromatic heterocycles. The Morgan fingerprint density at radius 3 is 1.36 bits per heavy atom. The van der Waals surface area contributed by atoms with Crippen LogP contribution in [0.25, 0.3) is 0 Å². The Kier molecular flexibility index (Phi) is 32.7. The van der Waals surface area contributed by atoms with E-state index in [1.807, 2.05) is 6.08 Å². The number of aliphatic hydroxyl groups excluding tert-OH is 1. The average molecular weight is 764 g/mol. The Morgan fingerprint density at radius 1 is 0.960 bits per heavy atom. The minimum atomic E-state index is -0.183. The molecule has 154 valence electrons. The Bertz CT molecular complexity index is 245. The number of rotatable bonds is 4. The van der Waals surface area contributed by atoms with Crippen LogP contribution in [-0.2, 0) is 0 Å². The summed E-state index contributed by atoms with van der Waals surface area (Å²) in [5.41, 5.74) is 0. The summed E-state index contributed by atoms with van der Waals surface area (Å²) in [6, 6.07) is 0. The van der Waals surface area contributed by atoms with Crippen molar-refractivity contribution in [3.8, 4) is 0 Å². The zero-order chi connectivity index (χ0) is 18.8. The molecule has 3 fully saturated rings. The van der Waals surface area contributed by atoms with Crippen molar-refractivity contribution in [3.05, 3.63) is 12.7 Å². The third kappa shape index (κ3) is 38.3. The Labute approximate surface area is 206 Å². The molecule has 8 heteroatoms. The molecule has 0 aliphatic heterocycles. The van der Waals surface area contributed by atoms with Crippen LogP contribution in [0.5, 0.6) is 0 Å². The van der Waals surface area contributed by atoms with Crippen molar-refractivity contribution in [1.29, 1.82) is 0 Å². The van der Waals surface area contributed by atoms with E-state index in [-0.39, 0.29) is 11.5 Å². The second-order valence-corrected chi connectivity index (χ2v) is 23.8. The second kappa shape index (κ2) is 25.0. The molecule has 3 rings (SSSR count). The summed E-state index contributed by atoms with van der Waals surface area (Å²) in [4.78, 5) is 0.877. The van der Waals surface area contributed by atoms with Crippen LogP contribution in [0.2, 0.25) is 0 Å². The van der Waals surface area contributed by atoms with Crippen molar-refractivity contribution in [3.63, 3.8) is 0 Å². The number of aliphatic hydroxyl groups is 1. The minimum absolute atomic E-state index is 0. The van der Waals surface area contributed by atoms with Crippen LogP contribution in [0.3, 0.4) is 0 Å². The normalized spacial score (nSPS) is 17.4. The molecule has 1 nitrogen and oxygen atoms in total. The Balaban J connectivity index is -0.000000240. The maximum atomic E-state index is 8.21.